The van der Waals surface area contributed by atoms with Gasteiger partial charge in [0, 0.05) is 5.56 Å². The number of hydrogen-bond donors (Lipinski definition) is 0. The zero-order valence-electron chi connectivity index (χ0n) is 12.6. The highest BCUT2D eigenvalue weighted by molar-refractivity contribution is 7.91. The molecule has 0 radical (unpaired) electrons. The quantitative estimate of drug-likeness (QED) is 0.724. The van der Waals surface area contributed by atoms with Gasteiger partial charge in [0.05, 0.1) is 12.0 Å². The first-order chi connectivity index (χ1) is 11.6. The summed E-state index contributed by atoms with van der Waals surface area (Å²) >= 11 is 0. The van der Waals surface area contributed by atoms with Crippen molar-refractivity contribution in [1.82, 2.24) is 4.98 Å². The van der Waals surface area contributed by atoms with Gasteiger partial charge in [-0.1, -0.05) is 18.2 Å². The molecule has 120 valence electrons. The molecule has 7 heteroatoms. The minimum absolute atomic E-state index is 0.0407. The van der Waals surface area contributed by atoms with Crippen molar-refractivity contribution in [3.05, 3.63) is 60.3 Å². The van der Waals surface area contributed by atoms with Crippen LogP contribution in [0.4, 0.5) is 0 Å². The van der Waals surface area contributed by atoms with Gasteiger partial charge < -0.3 is 9.15 Å². The highest BCUT2D eigenvalue weighted by Crippen LogP contribution is 2.29. The molecule has 0 unspecified atom stereocenters. The van der Waals surface area contributed by atoms with Gasteiger partial charge in [0.25, 0.3) is 5.09 Å². The number of nitriles is 1. The third kappa shape index (κ3) is 2.75. The van der Waals surface area contributed by atoms with Gasteiger partial charge in [0.15, 0.2) is 5.69 Å². The maximum Gasteiger partial charge on any atom is 0.261 e. The number of nitrogens with zero attached hydrogens (tertiary/aromatic N) is 2. The predicted octanol–water partition coefficient (Wildman–Crippen LogP) is 3.05. The van der Waals surface area contributed by atoms with Crippen LogP contribution in [0.3, 0.4) is 0 Å². The zero-order chi connectivity index (χ0) is 17.2. The van der Waals surface area contributed by atoms with Crippen molar-refractivity contribution in [2.24, 2.45) is 0 Å². The van der Waals surface area contributed by atoms with E-state index in [-0.39, 0.29) is 16.5 Å². The molecule has 0 spiro atoms. The Hall–Kier alpha value is -3.11. The molecule has 0 N–H and O–H groups in total. The van der Waals surface area contributed by atoms with Gasteiger partial charge in [-0.15, -0.1) is 0 Å². The Morgan fingerprint density at radius 3 is 2.33 bits per heavy atom. The molecule has 0 saturated heterocycles. The van der Waals surface area contributed by atoms with Crippen molar-refractivity contribution < 1.29 is 17.6 Å². The Morgan fingerprint density at radius 2 is 1.75 bits per heavy atom. The van der Waals surface area contributed by atoms with Crippen molar-refractivity contribution in [3.8, 4) is 23.3 Å². The zero-order valence-corrected chi connectivity index (χ0v) is 13.4. The van der Waals surface area contributed by atoms with Crippen molar-refractivity contribution in [2.75, 3.05) is 7.11 Å². The van der Waals surface area contributed by atoms with E-state index in [9.17, 15) is 13.7 Å². The molecule has 24 heavy (non-hydrogen) atoms. The fourth-order valence-corrected chi connectivity index (χ4v) is 3.39. The van der Waals surface area contributed by atoms with E-state index in [1.807, 2.05) is 0 Å². The molecule has 3 rings (SSSR count). The largest absolute Gasteiger partial charge is 0.497 e. The average Bonchev–Trinajstić information content (AvgIpc) is 3.08. The maximum absolute atomic E-state index is 12.7. The summed E-state index contributed by atoms with van der Waals surface area (Å²) in [5.74, 6) is 0.701. The molecule has 0 aliphatic rings. The lowest BCUT2D eigenvalue weighted by Crippen LogP contribution is -2.02. The second-order valence-corrected chi connectivity index (χ2v) is 6.66. The SMILES string of the molecule is COc1ccc(-c2nc(C#N)c(S(=O)(=O)c3ccccc3)o2)cc1. The molecule has 0 aliphatic heterocycles. The van der Waals surface area contributed by atoms with Crippen LogP contribution in [0.15, 0.2) is 69.0 Å². The van der Waals surface area contributed by atoms with E-state index in [4.69, 9.17) is 9.15 Å². The van der Waals surface area contributed by atoms with Crippen LogP contribution < -0.4 is 4.74 Å². The third-order valence-corrected chi connectivity index (χ3v) is 4.99. The van der Waals surface area contributed by atoms with Gasteiger partial charge in [0.2, 0.25) is 15.7 Å². The van der Waals surface area contributed by atoms with Crippen molar-refractivity contribution in [2.45, 2.75) is 9.99 Å². The maximum atomic E-state index is 12.7. The molecule has 0 aliphatic carbocycles. The smallest absolute Gasteiger partial charge is 0.261 e. The summed E-state index contributed by atoms with van der Waals surface area (Å²) in [6.45, 7) is 0. The molecular formula is C17H12N2O4S. The van der Waals surface area contributed by atoms with E-state index >= 15 is 0 Å². The fourth-order valence-electron chi connectivity index (χ4n) is 2.12. The van der Waals surface area contributed by atoms with Gasteiger partial charge in [0.1, 0.15) is 11.8 Å². The highest BCUT2D eigenvalue weighted by atomic mass is 32.2. The summed E-state index contributed by atoms with van der Waals surface area (Å²) in [5, 5.41) is 8.76. The predicted molar refractivity (Wildman–Crippen MR) is 85.1 cm³/mol. The Bertz CT molecular complexity index is 1000. The number of ether oxygens (including phenoxy) is 1. The standard InChI is InChI=1S/C17H12N2O4S/c1-22-13-9-7-12(8-10-13)16-19-15(11-18)17(23-16)24(20,21)14-5-3-2-4-6-14/h2-10H,1H3. The molecule has 1 aromatic heterocycles. The van der Waals surface area contributed by atoms with Crippen molar-refractivity contribution in [3.63, 3.8) is 0 Å². The van der Waals surface area contributed by atoms with E-state index in [2.05, 4.69) is 4.98 Å². The number of aromatic nitrogens is 1. The van der Waals surface area contributed by atoms with Gasteiger partial charge in [-0.3, -0.25) is 0 Å². The number of hydrogen-bond acceptors (Lipinski definition) is 6. The lowest BCUT2D eigenvalue weighted by atomic mass is 10.2. The van der Waals surface area contributed by atoms with Gasteiger partial charge in [-0.05, 0) is 36.4 Å². The van der Waals surface area contributed by atoms with E-state index in [0.717, 1.165) is 0 Å². The van der Waals surface area contributed by atoms with Crippen LogP contribution >= 0.6 is 0 Å². The van der Waals surface area contributed by atoms with Crippen LogP contribution in [0.5, 0.6) is 5.75 Å². The second kappa shape index (κ2) is 6.18. The molecular weight excluding hydrogens is 328 g/mol. The van der Waals surface area contributed by atoms with Crippen LogP contribution in [0.25, 0.3) is 11.5 Å². The summed E-state index contributed by atoms with van der Waals surface area (Å²) in [6, 6.07) is 16.3. The Kier molecular flexibility index (Phi) is 4.06. The first kappa shape index (κ1) is 15.8. The molecule has 0 amide bonds. The molecule has 3 aromatic rings. The summed E-state index contributed by atoms with van der Waals surface area (Å²) < 4.78 is 35.8. The van der Waals surface area contributed by atoms with E-state index in [1.54, 1.807) is 55.6 Å². The van der Waals surface area contributed by atoms with Crippen LogP contribution in [-0.4, -0.2) is 20.5 Å². The molecule has 2 aromatic carbocycles. The summed E-state index contributed by atoms with van der Waals surface area (Å²) in [6.07, 6.45) is 0. The first-order valence-corrected chi connectivity index (χ1v) is 8.40. The van der Waals surface area contributed by atoms with Gasteiger partial charge >= 0.3 is 0 Å². The Labute approximate surface area is 138 Å². The molecule has 0 fully saturated rings. The van der Waals surface area contributed by atoms with Crippen LogP contribution in [0, 0.1) is 11.3 Å². The number of sulfone groups is 1. The number of rotatable bonds is 4. The third-order valence-electron chi connectivity index (χ3n) is 3.34. The number of oxazole rings is 1. The highest BCUT2D eigenvalue weighted by Gasteiger charge is 2.28. The number of benzene rings is 2. The van der Waals surface area contributed by atoms with Crippen molar-refractivity contribution >= 4 is 9.84 Å². The Morgan fingerprint density at radius 1 is 1.08 bits per heavy atom. The van der Waals surface area contributed by atoms with E-state index in [0.29, 0.717) is 11.3 Å². The van der Waals surface area contributed by atoms with E-state index < -0.39 is 14.9 Å². The average molecular weight is 340 g/mol. The molecule has 0 bridgehead atoms. The molecule has 1 heterocycles. The van der Waals surface area contributed by atoms with Crippen molar-refractivity contribution in [1.29, 1.82) is 5.26 Å². The summed E-state index contributed by atoms with van der Waals surface area (Å²) in [5.41, 5.74) is 0.270. The molecule has 6 nitrogen and oxygen atoms in total. The summed E-state index contributed by atoms with van der Waals surface area (Å²) in [4.78, 5) is 4.04. The van der Waals surface area contributed by atoms with Gasteiger partial charge in [-0.25, -0.2) is 8.42 Å². The fraction of sp³-hybridized carbons (Fsp3) is 0.0588. The normalized spacial score (nSPS) is 11.0. The van der Waals surface area contributed by atoms with Crippen LogP contribution in [0.1, 0.15) is 5.69 Å². The lowest BCUT2D eigenvalue weighted by molar-refractivity contribution is 0.414. The monoisotopic (exact) mass is 340 g/mol. The topological polar surface area (TPSA) is 93.2 Å². The first-order valence-electron chi connectivity index (χ1n) is 6.92. The second-order valence-electron chi connectivity index (χ2n) is 4.81. The Balaban J connectivity index is 2.10. The minimum Gasteiger partial charge on any atom is -0.497 e. The number of methoxy groups -OCH3 is 1. The molecule has 0 saturated carbocycles. The lowest BCUT2D eigenvalue weighted by Gasteiger charge is -2.01. The summed E-state index contributed by atoms with van der Waals surface area (Å²) in [7, 11) is -2.42. The van der Waals surface area contributed by atoms with Crippen LogP contribution in [-0.2, 0) is 9.84 Å². The van der Waals surface area contributed by atoms with Gasteiger partial charge in [-0.2, -0.15) is 10.2 Å². The molecule has 0 atom stereocenters. The minimum atomic E-state index is -3.96. The van der Waals surface area contributed by atoms with Crippen LogP contribution in [0.2, 0.25) is 0 Å². The van der Waals surface area contributed by atoms with E-state index in [1.165, 1.54) is 12.1 Å².